The van der Waals surface area contributed by atoms with E-state index in [0.29, 0.717) is 17.9 Å². The third kappa shape index (κ3) is 9.38. The van der Waals surface area contributed by atoms with Gasteiger partial charge in [-0.15, -0.1) is 0 Å². The van der Waals surface area contributed by atoms with Crippen molar-refractivity contribution in [2.24, 2.45) is 0 Å². The SMILES string of the molecule is COc1ccc(COC(=O)NCCC[C@H](NC(=O)OCc2ccc(OC)cc2)C(=O)O)cc1. The molecule has 2 amide bonds. The molecule has 0 aromatic heterocycles. The van der Waals surface area contributed by atoms with E-state index in [2.05, 4.69) is 10.6 Å². The average Bonchev–Trinajstić information content (AvgIpc) is 2.83. The molecule has 10 heteroatoms. The molecule has 2 aromatic rings. The topological polar surface area (TPSA) is 132 Å². The fraction of sp³-hybridized carbons (Fsp3) is 0.348. The molecule has 1 atom stereocenters. The van der Waals surface area contributed by atoms with Crippen molar-refractivity contribution in [1.82, 2.24) is 10.6 Å². The Morgan fingerprint density at radius 2 is 1.30 bits per heavy atom. The minimum Gasteiger partial charge on any atom is -0.497 e. The number of carbonyl (C=O) groups excluding carboxylic acids is 2. The Hall–Kier alpha value is -3.95. The van der Waals surface area contributed by atoms with Crippen LogP contribution in [0.3, 0.4) is 0 Å². The van der Waals surface area contributed by atoms with Gasteiger partial charge in [-0.05, 0) is 48.2 Å². The molecule has 33 heavy (non-hydrogen) atoms. The molecule has 0 aliphatic rings. The van der Waals surface area contributed by atoms with Gasteiger partial charge < -0.3 is 34.7 Å². The van der Waals surface area contributed by atoms with Crippen LogP contribution in [0.1, 0.15) is 24.0 Å². The lowest BCUT2D eigenvalue weighted by molar-refractivity contribution is -0.139. The Kier molecular flexibility index (Phi) is 10.3. The number of carbonyl (C=O) groups is 3. The molecule has 2 rings (SSSR count). The minimum atomic E-state index is -1.20. The maximum Gasteiger partial charge on any atom is 0.408 e. The minimum absolute atomic E-state index is 0.0102. The lowest BCUT2D eigenvalue weighted by Gasteiger charge is -2.15. The largest absolute Gasteiger partial charge is 0.497 e. The van der Waals surface area contributed by atoms with E-state index in [-0.39, 0.29) is 26.2 Å². The van der Waals surface area contributed by atoms with Gasteiger partial charge in [-0.3, -0.25) is 0 Å². The Morgan fingerprint density at radius 3 is 1.76 bits per heavy atom. The zero-order valence-corrected chi connectivity index (χ0v) is 18.5. The average molecular weight is 460 g/mol. The van der Waals surface area contributed by atoms with Crippen LogP contribution in [0.2, 0.25) is 0 Å². The van der Waals surface area contributed by atoms with Crippen molar-refractivity contribution < 1.29 is 38.4 Å². The maximum atomic E-state index is 11.9. The molecule has 0 fully saturated rings. The maximum absolute atomic E-state index is 11.9. The molecule has 0 saturated heterocycles. The van der Waals surface area contributed by atoms with Crippen LogP contribution < -0.4 is 20.1 Å². The lowest BCUT2D eigenvalue weighted by atomic mass is 10.1. The molecule has 0 aliphatic heterocycles. The first-order valence-corrected chi connectivity index (χ1v) is 10.2. The number of alkyl carbamates (subject to hydrolysis) is 2. The highest BCUT2D eigenvalue weighted by Crippen LogP contribution is 2.13. The van der Waals surface area contributed by atoms with Crippen molar-refractivity contribution in [2.45, 2.75) is 32.1 Å². The van der Waals surface area contributed by atoms with E-state index in [9.17, 15) is 19.5 Å². The summed E-state index contributed by atoms with van der Waals surface area (Å²) in [5.74, 6) is 0.181. The number of carboxylic acid groups (broad SMARTS) is 1. The van der Waals surface area contributed by atoms with Crippen molar-refractivity contribution in [3.05, 3.63) is 59.7 Å². The van der Waals surface area contributed by atoms with E-state index in [1.165, 1.54) is 0 Å². The monoisotopic (exact) mass is 460 g/mol. The summed E-state index contributed by atoms with van der Waals surface area (Å²) in [6.45, 7) is 0.271. The van der Waals surface area contributed by atoms with Gasteiger partial charge in [0.1, 0.15) is 30.8 Å². The van der Waals surface area contributed by atoms with E-state index in [0.717, 1.165) is 11.1 Å². The molecule has 0 radical (unpaired) electrons. The van der Waals surface area contributed by atoms with Crippen molar-refractivity contribution in [3.8, 4) is 11.5 Å². The van der Waals surface area contributed by atoms with Gasteiger partial charge in [-0.25, -0.2) is 14.4 Å². The summed E-state index contributed by atoms with van der Waals surface area (Å²) in [4.78, 5) is 35.1. The van der Waals surface area contributed by atoms with Gasteiger partial charge in [0, 0.05) is 6.54 Å². The molecule has 3 N–H and O–H groups in total. The Labute approximate surface area is 191 Å². The van der Waals surface area contributed by atoms with Crippen molar-refractivity contribution in [3.63, 3.8) is 0 Å². The lowest BCUT2D eigenvalue weighted by Crippen LogP contribution is -2.41. The zero-order valence-electron chi connectivity index (χ0n) is 18.5. The first-order valence-electron chi connectivity index (χ1n) is 10.2. The molecule has 178 valence electrons. The molecular weight excluding hydrogens is 432 g/mol. The van der Waals surface area contributed by atoms with Crippen LogP contribution in [0.4, 0.5) is 9.59 Å². The number of rotatable bonds is 12. The van der Waals surface area contributed by atoms with Gasteiger partial charge in [-0.2, -0.15) is 0 Å². The third-order valence-electron chi connectivity index (χ3n) is 4.59. The Morgan fingerprint density at radius 1 is 0.818 bits per heavy atom. The summed E-state index contributed by atoms with van der Waals surface area (Å²) >= 11 is 0. The van der Waals surface area contributed by atoms with Crippen molar-refractivity contribution in [1.29, 1.82) is 0 Å². The second-order valence-corrected chi connectivity index (χ2v) is 6.95. The van der Waals surface area contributed by atoms with Crippen LogP contribution in [-0.2, 0) is 27.5 Å². The predicted molar refractivity (Wildman–Crippen MR) is 118 cm³/mol. The number of hydrogen-bond donors (Lipinski definition) is 3. The molecule has 0 aliphatic carbocycles. The summed E-state index contributed by atoms with van der Waals surface area (Å²) in [7, 11) is 3.11. The number of hydrogen-bond acceptors (Lipinski definition) is 7. The van der Waals surface area contributed by atoms with Gasteiger partial charge in [-0.1, -0.05) is 24.3 Å². The van der Waals surface area contributed by atoms with Gasteiger partial charge in [0.25, 0.3) is 0 Å². The van der Waals surface area contributed by atoms with Crippen molar-refractivity contribution in [2.75, 3.05) is 20.8 Å². The van der Waals surface area contributed by atoms with Crippen LogP contribution in [0.5, 0.6) is 11.5 Å². The van der Waals surface area contributed by atoms with Gasteiger partial charge in [0.2, 0.25) is 0 Å². The Bertz CT molecular complexity index is 900. The predicted octanol–water partition coefficient (Wildman–Crippen LogP) is 3.09. The van der Waals surface area contributed by atoms with Crippen molar-refractivity contribution >= 4 is 18.2 Å². The Balaban J connectivity index is 1.65. The van der Waals surface area contributed by atoms with Crippen LogP contribution in [0.25, 0.3) is 0 Å². The highest BCUT2D eigenvalue weighted by Gasteiger charge is 2.20. The quantitative estimate of drug-likeness (QED) is 0.412. The molecule has 0 saturated carbocycles. The highest BCUT2D eigenvalue weighted by molar-refractivity contribution is 5.79. The number of methoxy groups -OCH3 is 2. The number of nitrogens with one attached hydrogen (secondary N) is 2. The fourth-order valence-corrected chi connectivity index (χ4v) is 2.73. The van der Waals surface area contributed by atoms with E-state index >= 15 is 0 Å². The van der Waals surface area contributed by atoms with Crippen LogP contribution in [0, 0.1) is 0 Å². The van der Waals surface area contributed by atoms with Crippen LogP contribution >= 0.6 is 0 Å². The second-order valence-electron chi connectivity index (χ2n) is 6.95. The molecular formula is C23H28N2O8. The van der Waals surface area contributed by atoms with E-state index in [4.69, 9.17) is 18.9 Å². The first kappa shape index (κ1) is 25.3. The molecule has 0 heterocycles. The van der Waals surface area contributed by atoms with E-state index in [1.807, 2.05) is 0 Å². The van der Waals surface area contributed by atoms with Gasteiger partial charge in [0.05, 0.1) is 14.2 Å². The smallest absolute Gasteiger partial charge is 0.408 e. The molecule has 0 bridgehead atoms. The van der Waals surface area contributed by atoms with Crippen LogP contribution in [-0.4, -0.2) is 50.1 Å². The van der Waals surface area contributed by atoms with E-state index < -0.39 is 24.2 Å². The standard InChI is InChI=1S/C23H28N2O8/c1-30-18-9-5-16(6-10-18)14-32-22(28)24-13-3-4-20(21(26)27)25-23(29)33-15-17-7-11-19(31-2)12-8-17/h5-12,20H,3-4,13-15H2,1-2H3,(H,24,28)(H,25,29)(H,26,27)/t20-/m0/s1. The normalized spacial score (nSPS) is 11.1. The number of carboxylic acids is 1. The summed E-state index contributed by atoms with van der Waals surface area (Å²) in [6.07, 6.45) is -1.05. The molecule has 0 unspecified atom stereocenters. The molecule has 2 aromatic carbocycles. The molecule has 10 nitrogen and oxygen atoms in total. The van der Waals surface area contributed by atoms with E-state index in [1.54, 1.807) is 62.8 Å². The number of aliphatic carboxylic acids is 1. The third-order valence-corrected chi connectivity index (χ3v) is 4.59. The molecule has 0 spiro atoms. The van der Waals surface area contributed by atoms with Crippen LogP contribution in [0.15, 0.2) is 48.5 Å². The van der Waals surface area contributed by atoms with Gasteiger partial charge >= 0.3 is 18.2 Å². The number of amides is 2. The summed E-state index contributed by atoms with van der Waals surface area (Å²) in [5, 5.41) is 14.2. The second kappa shape index (κ2) is 13.5. The summed E-state index contributed by atoms with van der Waals surface area (Å²) < 4.78 is 20.3. The number of ether oxygens (including phenoxy) is 4. The summed E-state index contributed by atoms with van der Waals surface area (Å²) in [6, 6.07) is 12.9. The van der Waals surface area contributed by atoms with Gasteiger partial charge in [0.15, 0.2) is 0 Å². The zero-order chi connectivity index (χ0) is 24.1. The summed E-state index contributed by atoms with van der Waals surface area (Å²) in [5.41, 5.74) is 1.53. The fourth-order valence-electron chi connectivity index (χ4n) is 2.73. The number of benzene rings is 2. The first-order chi connectivity index (χ1) is 15.9. The highest BCUT2D eigenvalue weighted by atomic mass is 16.6.